The monoisotopic (exact) mass is 399 g/mol. The first-order valence-corrected chi connectivity index (χ1v) is 10.6. The van der Waals surface area contributed by atoms with Gasteiger partial charge in [-0.2, -0.15) is 0 Å². The van der Waals surface area contributed by atoms with Crippen LogP contribution in [0.4, 0.5) is 4.79 Å². The number of amides is 2. The molecule has 0 aromatic heterocycles. The molecule has 2 amide bonds. The van der Waals surface area contributed by atoms with Gasteiger partial charge in [-0.1, -0.05) is 32.1 Å². The Labute approximate surface area is 170 Å². The van der Waals surface area contributed by atoms with Gasteiger partial charge in [0, 0.05) is 18.6 Å². The summed E-state index contributed by atoms with van der Waals surface area (Å²) in [5, 5.41) is 19.0. The molecule has 7 nitrogen and oxygen atoms in total. The second kappa shape index (κ2) is 11.0. The summed E-state index contributed by atoms with van der Waals surface area (Å²) in [4.78, 5) is 24.4. The second-order valence-corrected chi connectivity index (χ2v) is 9.98. The van der Waals surface area contributed by atoms with Crippen LogP contribution in [0.5, 0.6) is 0 Å². The molecule has 0 heterocycles. The lowest BCUT2D eigenvalue weighted by Crippen LogP contribution is -2.53. The molecule has 7 heteroatoms. The number of hydrogen-bond donors (Lipinski definition) is 4. The molecular formula is C21H41N3O4. The van der Waals surface area contributed by atoms with Crippen LogP contribution in [0, 0.1) is 5.92 Å². The van der Waals surface area contributed by atoms with Gasteiger partial charge in [0.2, 0.25) is 5.91 Å². The standard InChI is InChI=1S/C21H41N3O4/c1-20(2,3)24-18(26)17(12-15-10-8-7-9-11-15)22-13-16(25)14-23-19(27)28-21(4,5)6/h15-17,22,25H,7-14H2,1-6H3,(H,23,27)(H,24,26)/t16?,17-/m0/s1. The van der Waals surface area contributed by atoms with Gasteiger partial charge < -0.3 is 25.8 Å². The molecule has 1 saturated carbocycles. The highest BCUT2D eigenvalue weighted by atomic mass is 16.6. The smallest absolute Gasteiger partial charge is 0.407 e. The molecule has 1 unspecified atom stereocenters. The minimum absolute atomic E-state index is 0.0367. The van der Waals surface area contributed by atoms with Gasteiger partial charge in [-0.25, -0.2) is 4.79 Å². The van der Waals surface area contributed by atoms with Gasteiger partial charge in [-0.05, 0) is 53.9 Å². The molecule has 164 valence electrons. The van der Waals surface area contributed by atoms with Gasteiger partial charge in [-0.15, -0.1) is 0 Å². The first-order chi connectivity index (χ1) is 12.9. The molecule has 0 radical (unpaired) electrons. The van der Waals surface area contributed by atoms with Crippen LogP contribution in [-0.2, 0) is 9.53 Å². The number of aliphatic hydroxyl groups excluding tert-OH is 1. The average Bonchev–Trinajstić information content (AvgIpc) is 2.54. The molecule has 1 rings (SSSR count). The van der Waals surface area contributed by atoms with Gasteiger partial charge in [0.05, 0.1) is 12.1 Å². The van der Waals surface area contributed by atoms with Crippen LogP contribution in [0.25, 0.3) is 0 Å². The SMILES string of the molecule is CC(C)(C)NC(=O)[C@H](CC1CCCCC1)NCC(O)CNC(=O)OC(C)(C)C. The fourth-order valence-electron chi connectivity index (χ4n) is 3.36. The van der Waals surface area contributed by atoms with Crippen molar-refractivity contribution in [2.45, 2.75) is 103 Å². The number of carbonyl (C=O) groups excluding carboxylic acids is 2. The lowest BCUT2D eigenvalue weighted by Gasteiger charge is -2.30. The van der Waals surface area contributed by atoms with Gasteiger partial charge in [0.25, 0.3) is 0 Å². The zero-order valence-corrected chi connectivity index (χ0v) is 18.6. The first kappa shape index (κ1) is 24.7. The van der Waals surface area contributed by atoms with Crippen molar-refractivity contribution >= 4 is 12.0 Å². The summed E-state index contributed by atoms with van der Waals surface area (Å²) in [6.07, 6.45) is 5.44. The molecule has 0 aromatic rings. The number of alkyl carbamates (subject to hydrolysis) is 1. The van der Waals surface area contributed by atoms with Crippen molar-refractivity contribution in [3.8, 4) is 0 Å². The van der Waals surface area contributed by atoms with E-state index in [1.165, 1.54) is 19.3 Å². The average molecular weight is 400 g/mol. The number of nitrogens with one attached hydrogen (secondary N) is 3. The summed E-state index contributed by atoms with van der Waals surface area (Å²) < 4.78 is 5.16. The molecule has 0 saturated heterocycles. The molecule has 1 aliphatic rings. The minimum atomic E-state index is -0.802. The van der Waals surface area contributed by atoms with Gasteiger partial charge >= 0.3 is 6.09 Å². The van der Waals surface area contributed by atoms with E-state index in [2.05, 4.69) is 16.0 Å². The maximum absolute atomic E-state index is 12.7. The fraction of sp³-hybridized carbons (Fsp3) is 0.905. The van der Waals surface area contributed by atoms with Crippen molar-refractivity contribution in [1.29, 1.82) is 0 Å². The predicted molar refractivity (Wildman–Crippen MR) is 111 cm³/mol. The minimum Gasteiger partial charge on any atom is -0.444 e. The Morgan fingerprint density at radius 3 is 2.18 bits per heavy atom. The molecule has 1 aliphatic carbocycles. The van der Waals surface area contributed by atoms with E-state index in [-0.39, 0.29) is 30.6 Å². The van der Waals surface area contributed by atoms with Crippen LogP contribution in [0.2, 0.25) is 0 Å². The topological polar surface area (TPSA) is 99.7 Å². The van der Waals surface area contributed by atoms with E-state index in [0.29, 0.717) is 5.92 Å². The summed E-state index contributed by atoms with van der Waals surface area (Å²) >= 11 is 0. The van der Waals surface area contributed by atoms with Crippen molar-refractivity contribution in [3.05, 3.63) is 0 Å². The molecule has 28 heavy (non-hydrogen) atoms. The zero-order valence-electron chi connectivity index (χ0n) is 18.6. The van der Waals surface area contributed by atoms with Gasteiger partial charge in [-0.3, -0.25) is 4.79 Å². The molecule has 4 N–H and O–H groups in total. The van der Waals surface area contributed by atoms with Crippen LogP contribution in [-0.4, -0.2) is 53.5 Å². The van der Waals surface area contributed by atoms with Crippen LogP contribution in [0.15, 0.2) is 0 Å². The van der Waals surface area contributed by atoms with Crippen LogP contribution >= 0.6 is 0 Å². The Balaban J connectivity index is 2.52. The van der Waals surface area contributed by atoms with Gasteiger partial charge in [0.1, 0.15) is 5.60 Å². The molecule has 0 aliphatic heterocycles. The maximum Gasteiger partial charge on any atom is 0.407 e. The van der Waals surface area contributed by atoms with E-state index in [1.807, 2.05) is 20.8 Å². The van der Waals surface area contributed by atoms with Crippen LogP contribution in [0.3, 0.4) is 0 Å². The normalized spacial score (nSPS) is 18.2. The number of carbonyl (C=O) groups is 2. The first-order valence-electron chi connectivity index (χ1n) is 10.6. The molecule has 1 fully saturated rings. The second-order valence-electron chi connectivity index (χ2n) is 9.98. The van der Waals surface area contributed by atoms with Crippen molar-refractivity contribution in [2.75, 3.05) is 13.1 Å². The Kier molecular flexibility index (Phi) is 9.70. The van der Waals surface area contributed by atoms with Crippen molar-refractivity contribution in [3.63, 3.8) is 0 Å². The quantitative estimate of drug-likeness (QED) is 0.503. The Morgan fingerprint density at radius 2 is 1.64 bits per heavy atom. The highest BCUT2D eigenvalue weighted by molar-refractivity contribution is 5.82. The predicted octanol–water partition coefficient (Wildman–Crippen LogP) is 2.72. The van der Waals surface area contributed by atoms with E-state index in [1.54, 1.807) is 20.8 Å². The Bertz CT molecular complexity index is 491. The number of rotatable bonds is 8. The fourth-order valence-corrected chi connectivity index (χ4v) is 3.36. The molecule has 0 aromatic carbocycles. The van der Waals surface area contributed by atoms with Crippen LogP contribution in [0.1, 0.15) is 80.1 Å². The third-order valence-electron chi connectivity index (χ3n) is 4.59. The highest BCUT2D eigenvalue weighted by Gasteiger charge is 2.27. The van der Waals surface area contributed by atoms with Gasteiger partial charge in [0.15, 0.2) is 0 Å². The number of aliphatic hydroxyl groups is 1. The molecular weight excluding hydrogens is 358 g/mol. The van der Waals surface area contributed by atoms with E-state index in [9.17, 15) is 14.7 Å². The molecule has 2 atom stereocenters. The van der Waals surface area contributed by atoms with E-state index in [4.69, 9.17) is 4.74 Å². The lowest BCUT2D eigenvalue weighted by molar-refractivity contribution is -0.125. The largest absolute Gasteiger partial charge is 0.444 e. The van der Waals surface area contributed by atoms with Crippen molar-refractivity contribution in [1.82, 2.24) is 16.0 Å². The van der Waals surface area contributed by atoms with Crippen molar-refractivity contribution in [2.24, 2.45) is 5.92 Å². The summed E-state index contributed by atoms with van der Waals surface area (Å²) in [6, 6.07) is -0.349. The van der Waals surface area contributed by atoms with E-state index < -0.39 is 17.8 Å². The maximum atomic E-state index is 12.7. The lowest BCUT2D eigenvalue weighted by atomic mass is 9.84. The van der Waals surface area contributed by atoms with Crippen LogP contribution < -0.4 is 16.0 Å². The van der Waals surface area contributed by atoms with E-state index in [0.717, 1.165) is 19.3 Å². The highest BCUT2D eigenvalue weighted by Crippen LogP contribution is 2.27. The number of hydrogen-bond acceptors (Lipinski definition) is 5. The molecule has 0 spiro atoms. The zero-order chi connectivity index (χ0) is 21.4. The summed E-state index contributed by atoms with van der Waals surface area (Å²) in [6.45, 7) is 11.5. The van der Waals surface area contributed by atoms with Crippen molar-refractivity contribution < 1.29 is 19.4 Å². The third-order valence-corrected chi connectivity index (χ3v) is 4.59. The molecule has 0 bridgehead atoms. The summed E-state index contributed by atoms with van der Waals surface area (Å²) in [5.74, 6) is 0.499. The summed E-state index contributed by atoms with van der Waals surface area (Å²) in [7, 11) is 0. The Hall–Kier alpha value is -1.34. The Morgan fingerprint density at radius 1 is 1.04 bits per heavy atom. The third kappa shape index (κ3) is 11.5. The number of ether oxygens (including phenoxy) is 1. The van der Waals surface area contributed by atoms with E-state index >= 15 is 0 Å². The summed E-state index contributed by atoms with van der Waals surface area (Å²) in [5.41, 5.74) is -0.885.